The van der Waals surface area contributed by atoms with Gasteiger partial charge in [-0.3, -0.25) is 9.59 Å². The van der Waals surface area contributed by atoms with Gasteiger partial charge < -0.3 is 14.7 Å². The third-order valence-corrected chi connectivity index (χ3v) is 4.15. The van der Waals surface area contributed by atoms with Gasteiger partial charge in [0.15, 0.2) is 11.5 Å². The highest BCUT2D eigenvalue weighted by molar-refractivity contribution is 6.30. The maximum atomic E-state index is 12.4. The van der Waals surface area contributed by atoms with Gasteiger partial charge in [0.05, 0.1) is 24.3 Å². The Morgan fingerprint density at radius 2 is 1.96 bits per heavy atom. The van der Waals surface area contributed by atoms with Gasteiger partial charge in [0.1, 0.15) is 0 Å². The summed E-state index contributed by atoms with van der Waals surface area (Å²) in [5, 5.41) is 10.8. The van der Waals surface area contributed by atoms with Crippen molar-refractivity contribution < 1.29 is 19.4 Å². The Morgan fingerprint density at radius 3 is 2.50 bits per heavy atom. The minimum Gasteiger partial charge on any atom is -0.503 e. The number of amides is 1. The molecule has 0 radical (unpaired) electrons. The maximum Gasteiger partial charge on any atom is 0.290 e. The first-order valence-corrected chi connectivity index (χ1v) is 8.39. The van der Waals surface area contributed by atoms with Crippen molar-refractivity contribution in [2.24, 2.45) is 0 Å². The van der Waals surface area contributed by atoms with Gasteiger partial charge in [0.25, 0.3) is 5.91 Å². The van der Waals surface area contributed by atoms with E-state index in [1.807, 2.05) is 13.8 Å². The zero-order chi connectivity index (χ0) is 17.9. The van der Waals surface area contributed by atoms with Gasteiger partial charge in [-0.05, 0) is 31.5 Å². The standard InChI is InChI=1S/C18H22ClNO4/c1-4-14(21)15-16(12-5-7-13(19)8-6-12)20(18(23)17(15)22)9-10-24-11(2)3/h5-8,11,16,22H,4,9-10H2,1-3H3. The molecule has 6 heteroatoms. The molecule has 1 aromatic carbocycles. The van der Waals surface area contributed by atoms with E-state index >= 15 is 0 Å². The Morgan fingerprint density at radius 1 is 1.33 bits per heavy atom. The predicted octanol–water partition coefficient (Wildman–Crippen LogP) is 3.44. The summed E-state index contributed by atoms with van der Waals surface area (Å²) < 4.78 is 5.51. The number of ketones is 1. The van der Waals surface area contributed by atoms with Crippen LogP contribution in [0.1, 0.15) is 38.8 Å². The molecule has 1 heterocycles. The average Bonchev–Trinajstić information content (AvgIpc) is 2.79. The van der Waals surface area contributed by atoms with Crippen LogP contribution in [-0.2, 0) is 14.3 Å². The fraction of sp³-hybridized carbons (Fsp3) is 0.444. The molecule has 0 aliphatic carbocycles. The number of hydrogen-bond acceptors (Lipinski definition) is 4. The van der Waals surface area contributed by atoms with Crippen LogP contribution < -0.4 is 0 Å². The molecular formula is C18H22ClNO4. The lowest BCUT2D eigenvalue weighted by Gasteiger charge is -2.27. The van der Waals surface area contributed by atoms with E-state index in [1.54, 1.807) is 31.2 Å². The van der Waals surface area contributed by atoms with Crippen molar-refractivity contribution in [3.8, 4) is 0 Å². The number of aliphatic hydroxyl groups excluding tert-OH is 1. The van der Waals surface area contributed by atoms with Crippen LogP contribution in [0.25, 0.3) is 0 Å². The SMILES string of the molecule is CCC(=O)C1=C(O)C(=O)N(CCOC(C)C)C1c1ccc(Cl)cc1. The molecule has 1 aromatic rings. The number of carbonyl (C=O) groups excluding carboxylic acids is 2. The second-order valence-corrected chi connectivity index (χ2v) is 6.35. The van der Waals surface area contributed by atoms with E-state index in [1.165, 1.54) is 4.90 Å². The Bertz CT molecular complexity index is 651. The van der Waals surface area contributed by atoms with Crippen molar-refractivity contribution in [1.29, 1.82) is 0 Å². The molecule has 130 valence electrons. The smallest absolute Gasteiger partial charge is 0.290 e. The molecule has 0 bridgehead atoms. The lowest BCUT2D eigenvalue weighted by atomic mass is 9.95. The number of aliphatic hydroxyl groups is 1. The first-order valence-electron chi connectivity index (χ1n) is 8.01. The quantitative estimate of drug-likeness (QED) is 0.817. The number of halogens is 1. The van der Waals surface area contributed by atoms with E-state index in [0.717, 1.165) is 5.56 Å². The molecule has 1 unspecified atom stereocenters. The summed E-state index contributed by atoms with van der Waals surface area (Å²) in [6, 6.07) is 6.31. The average molecular weight is 352 g/mol. The third kappa shape index (κ3) is 3.79. The summed E-state index contributed by atoms with van der Waals surface area (Å²) >= 11 is 5.93. The van der Waals surface area contributed by atoms with Crippen molar-refractivity contribution in [3.63, 3.8) is 0 Å². The number of nitrogens with zero attached hydrogens (tertiary/aromatic N) is 1. The van der Waals surface area contributed by atoms with Gasteiger partial charge in [-0.2, -0.15) is 0 Å². The van der Waals surface area contributed by atoms with E-state index in [0.29, 0.717) is 11.6 Å². The third-order valence-electron chi connectivity index (χ3n) is 3.89. The van der Waals surface area contributed by atoms with Crippen LogP contribution in [0, 0.1) is 0 Å². The Hall–Kier alpha value is -1.85. The number of benzene rings is 1. The van der Waals surface area contributed by atoms with Crippen LogP contribution in [0.2, 0.25) is 5.02 Å². The van der Waals surface area contributed by atoms with Crippen molar-refractivity contribution in [2.75, 3.05) is 13.2 Å². The predicted molar refractivity (Wildman–Crippen MR) is 91.9 cm³/mol. The number of carbonyl (C=O) groups is 2. The molecule has 1 aliphatic rings. The van der Waals surface area contributed by atoms with Gasteiger partial charge in [-0.1, -0.05) is 30.7 Å². The van der Waals surface area contributed by atoms with Crippen LogP contribution in [-0.4, -0.2) is 41.0 Å². The largest absolute Gasteiger partial charge is 0.503 e. The Kier molecular flexibility index (Phi) is 6.02. The van der Waals surface area contributed by atoms with Crippen LogP contribution in [0.15, 0.2) is 35.6 Å². The van der Waals surface area contributed by atoms with E-state index in [-0.39, 0.29) is 30.4 Å². The van der Waals surface area contributed by atoms with Crippen molar-refractivity contribution in [1.82, 2.24) is 4.90 Å². The summed E-state index contributed by atoms with van der Waals surface area (Å²) in [6.45, 7) is 6.13. The van der Waals surface area contributed by atoms with Gasteiger partial charge >= 0.3 is 0 Å². The highest BCUT2D eigenvalue weighted by atomic mass is 35.5. The summed E-state index contributed by atoms with van der Waals surface area (Å²) in [5.41, 5.74) is 0.882. The van der Waals surface area contributed by atoms with Crippen molar-refractivity contribution in [2.45, 2.75) is 39.3 Å². The first-order chi connectivity index (χ1) is 11.4. The maximum absolute atomic E-state index is 12.4. The molecule has 1 amide bonds. The fourth-order valence-electron chi connectivity index (χ4n) is 2.74. The van der Waals surface area contributed by atoms with Crippen LogP contribution >= 0.6 is 11.6 Å². The molecule has 0 saturated carbocycles. The number of ether oxygens (including phenoxy) is 1. The van der Waals surface area contributed by atoms with Crippen molar-refractivity contribution in [3.05, 3.63) is 46.2 Å². The van der Waals surface area contributed by atoms with Crippen molar-refractivity contribution >= 4 is 23.3 Å². The number of Topliss-reactive ketones (excluding diaryl/α,β-unsaturated/α-hetero) is 1. The zero-order valence-corrected chi connectivity index (χ0v) is 14.8. The minimum atomic E-state index is -0.613. The highest BCUT2D eigenvalue weighted by Crippen LogP contribution is 2.38. The summed E-state index contributed by atoms with van der Waals surface area (Å²) in [4.78, 5) is 26.2. The fourth-order valence-corrected chi connectivity index (χ4v) is 2.86. The minimum absolute atomic E-state index is 0.0370. The van der Waals surface area contributed by atoms with Crippen LogP contribution in [0.5, 0.6) is 0 Å². The van der Waals surface area contributed by atoms with Gasteiger partial charge in [0, 0.05) is 18.0 Å². The number of rotatable bonds is 7. The molecule has 2 rings (SSSR count). The highest BCUT2D eigenvalue weighted by Gasteiger charge is 2.42. The molecule has 5 nitrogen and oxygen atoms in total. The number of hydrogen-bond donors (Lipinski definition) is 1. The van der Waals surface area contributed by atoms with E-state index < -0.39 is 17.7 Å². The van der Waals surface area contributed by atoms with E-state index in [9.17, 15) is 14.7 Å². The lowest BCUT2D eigenvalue weighted by molar-refractivity contribution is -0.130. The molecule has 1 N–H and O–H groups in total. The molecular weight excluding hydrogens is 330 g/mol. The second-order valence-electron chi connectivity index (χ2n) is 5.91. The normalized spacial score (nSPS) is 18.0. The molecule has 0 spiro atoms. The summed E-state index contributed by atoms with van der Waals surface area (Å²) in [5.74, 6) is -1.25. The molecule has 0 aromatic heterocycles. The van der Waals surface area contributed by atoms with E-state index in [2.05, 4.69) is 0 Å². The molecule has 1 atom stereocenters. The monoisotopic (exact) mass is 351 g/mol. The molecule has 0 fully saturated rings. The Labute approximate surface area is 146 Å². The zero-order valence-electron chi connectivity index (χ0n) is 14.1. The molecule has 24 heavy (non-hydrogen) atoms. The molecule has 0 saturated heterocycles. The molecule has 1 aliphatic heterocycles. The summed E-state index contributed by atoms with van der Waals surface area (Å²) in [7, 11) is 0. The lowest BCUT2D eigenvalue weighted by Crippen LogP contribution is -2.34. The van der Waals surface area contributed by atoms with Gasteiger partial charge in [0.2, 0.25) is 0 Å². The Balaban J connectivity index is 2.37. The van der Waals surface area contributed by atoms with Gasteiger partial charge in [-0.25, -0.2) is 0 Å². The first kappa shape index (κ1) is 18.5. The second kappa shape index (κ2) is 7.81. The van der Waals surface area contributed by atoms with E-state index in [4.69, 9.17) is 16.3 Å². The summed E-state index contributed by atoms with van der Waals surface area (Å²) in [6.07, 6.45) is 0.252. The van der Waals surface area contributed by atoms with Gasteiger partial charge in [-0.15, -0.1) is 0 Å². The topological polar surface area (TPSA) is 66.8 Å². The van der Waals surface area contributed by atoms with Crippen LogP contribution in [0.3, 0.4) is 0 Å². The van der Waals surface area contributed by atoms with Crippen LogP contribution in [0.4, 0.5) is 0 Å².